The van der Waals surface area contributed by atoms with Gasteiger partial charge in [0.15, 0.2) is 0 Å². The molecule has 1 atom stereocenters. The Kier molecular flexibility index (Phi) is 4.96. The lowest BCUT2D eigenvalue weighted by Crippen LogP contribution is -2.40. The van der Waals surface area contributed by atoms with Crippen LogP contribution in [0, 0.1) is 6.92 Å². The number of amides is 1. The molecule has 0 radical (unpaired) electrons. The number of rotatable bonds is 4. The van der Waals surface area contributed by atoms with E-state index in [0.717, 1.165) is 48.8 Å². The second-order valence-corrected chi connectivity index (χ2v) is 6.98. The van der Waals surface area contributed by atoms with Crippen LogP contribution in [0.4, 0.5) is 0 Å². The maximum Gasteiger partial charge on any atom is 0.227 e. The van der Waals surface area contributed by atoms with Crippen LogP contribution in [0.3, 0.4) is 0 Å². The third-order valence-corrected chi connectivity index (χ3v) is 5.10. The van der Waals surface area contributed by atoms with Crippen molar-refractivity contribution in [3.63, 3.8) is 0 Å². The molecule has 1 saturated heterocycles. The first kappa shape index (κ1) is 17.4. The number of piperidine rings is 1. The summed E-state index contributed by atoms with van der Waals surface area (Å²) >= 11 is 0. The van der Waals surface area contributed by atoms with Crippen LogP contribution in [0.2, 0.25) is 0 Å². The highest BCUT2D eigenvalue weighted by molar-refractivity contribution is 5.78. The van der Waals surface area contributed by atoms with Gasteiger partial charge in [0, 0.05) is 49.5 Å². The molecule has 0 aromatic carbocycles. The third kappa shape index (κ3) is 3.89. The van der Waals surface area contributed by atoms with Gasteiger partial charge in [-0.2, -0.15) is 0 Å². The van der Waals surface area contributed by atoms with Gasteiger partial charge in [-0.15, -0.1) is 0 Å². The van der Waals surface area contributed by atoms with Gasteiger partial charge in [-0.1, -0.05) is 12.1 Å². The zero-order valence-electron chi connectivity index (χ0n) is 15.5. The summed E-state index contributed by atoms with van der Waals surface area (Å²) in [5, 5.41) is 0. The van der Waals surface area contributed by atoms with Gasteiger partial charge in [0.2, 0.25) is 5.91 Å². The molecule has 1 aliphatic heterocycles. The van der Waals surface area contributed by atoms with Gasteiger partial charge in [0.05, 0.1) is 6.42 Å². The van der Waals surface area contributed by atoms with Crippen molar-refractivity contribution < 1.29 is 4.79 Å². The zero-order chi connectivity index (χ0) is 18.6. The van der Waals surface area contributed by atoms with Crippen molar-refractivity contribution in [3.05, 3.63) is 72.2 Å². The lowest BCUT2D eigenvalue weighted by molar-refractivity contribution is -0.131. The summed E-state index contributed by atoms with van der Waals surface area (Å²) in [5.74, 6) is 2.22. The number of aromatic nitrogens is 4. The average Bonchev–Trinajstić information content (AvgIpc) is 3.15. The molecule has 0 aliphatic carbocycles. The lowest BCUT2D eigenvalue weighted by Gasteiger charge is -2.32. The number of imidazole rings is 1. The van der Waals surface area contributed by atoms with Crippen molar-refractivity contribution in [2.75, 3.05) is 13.1 Å². The molecule has 27 heavy (non-hydrogen) atoms. The van der Waals surface area contributed by atoms with E-state index in [1.54, 1.807) is 18.6 Å². The summed E-state index contributed by atoms with van der Waals surface area (Å²) in [7, 11) is 0. The molecule has 0 spiro atoms. The van der Waals surface area contributed by atoms with E-state index >= 15 is 0 Å². The number of carbonyl (C=O) groups excluding carboxylic acids is 1. The first-order valence-electron chi connectivity index (χ1n) is 9.34. The molecule has 6 heteroatoms. The van der Waals surface area contributed by atoms with Gasteiger partial charge < -0.3 is 4.90 Å². The Morgan fingerprint density at radius 3 is 2.93 bits per heavy atom. The zero-order valence-corrected chi connectivity index (χ0v) is 15.5. The van der Waals surface area contributed by atoms with Crippen molar-refractivity contribution >= 4 is 5.91 Å². The summed E-state index contributed by atoms with van der Waals surface area (Å²) in [6, 6.07) is 9.91. The van der Waals surface area contributed by atoms with Gasteiger partial charge in [-0.3, -0.25) is 14.3 Å². The van der Waals surface area contributed by atoms with Gasteiger partial charge in [-0.25, -0.2) is 9.97 Å². The molecule has 138 valence electrons. The molecule has 0 saturated carbocycles. The Morgan fingerprint density at radius 1 is 1.22 bits per heavy atom. The summed E-state index contributed by atoms with van der Waals surface area (Å²) < 4.78 is 1.98. The summed E-state index contributed by atoms with van der Waals surface area (Å²) in [6.45, 7) is 3.50. The highest BCUT2D eigenvalue weighted by atomic mass is 16.2. The SMILES string of the molecule is Cc1nccn1-c1cccc([C@H]2CCCN(C(=O)Cc3cccnc3)C2)n1. The van der Waals surface area contributed by atoms with Gasteiger partial charge in [0.1, 0.15) is 11.6 Å². The van der Waals surface area contributed by atoms with Gasteiger partial charge >= 0.3 is 0 Å². The molecule has 4 heterocycles. The smallest absolute Gasteiger partial charge is 0.227 e. The first-order chi connectivity index (χ1) is 13.2. The Labute approximate surface area is 158 Å². The fraction of sp³-hybridized carbons (Fsp3) is 0.333. The normalized spacial score (nSPS) is 17.1. The number of hydrogen-bond donors (Lipinski definition) is 0. The standard InChI is InChI=1S/C21H23N5O/c1-16-23-10-12-26(16)20-8-2-7-19(24-20)18-6-4-11-25(15-18)21(27)13-17-5-3-9-22-14-17/h2-3,5,7-10,12,14,18H,4,6,11,13,15H2,1H3/t18-/m0/s1. The first-order valence-corrected chi connectivity index (χ1v) is 9.34. The monoisotopic (exact) mass is 361 g/mol. The number of pyridine rings is 2. The summed E-state index contributed by atoms with van der Waals surface area (Å²) in [6.07, 6.45) is 9.65. The highest BCUT2D eigenvalue weighted by Gasteiger charge is 2.26. The molecule has 0 N–H and O–H groups in total. The van der Waals surface area contributed by atoms with E-state index in [0.29, 0.717) is 6.42 Å². The van der Waals surface area contributed by atoms with Crippen LogP contribution in [0.25, 0.3) is 5.82 Å². The quantitative estimate of drug-likeness (QED) is 0.717. The predicted molar refractivity (Wildman–Crippen MR) is 103 cm³/mol. The van der Waals surface area contributed by atoms with E-state index in [1.165, 1.54) is 0 Å². The van der Waals surface area contributed by atoms with Crippen molar-refractivity contribution in [2.45, 2.75) is 32.1 Å². The van der Waals surface area contributed by atoms with Gasteiger partial charge in [0.25, 0.3) is 0 Å². The summed E-state index contributed by atoms with van der Waals surface area (Å²) in [4.78, 5) is 27.9. The van der Waals surface area contributed by atoms with Crippen LogP contribution in [0.15, 0.2) is 55.1 Å². The maximum atomic E-state index is 12.7. The molecular weight excluding hydrogens is 338 g/mol. The van der Waals surface area contributed by atoms with Crippen LogP contribution < -0.4 is 0 Å². The van der Waals surface area contributed by atoms with Crippen LogP contribution >= 0.6 is 0 Å². The van der Waals surface area contributed by atoms with Gasteiger partial charge in [-0.05, 0) is 43.5 Å². The third-order valence-electron chi connectivity index (χ3n) is 5.10. The van der Waals surface area contributed by atoms with E-state index in [9.17, 15) is 4.79 Å². The van der Waals surface area contributed by atoms with Crippen molar-refractivity contribution in [1.29, 1.82) is 0 Å². The minimum Gasteiger partial charge on any atom is -0.342 e. The molecule has 0 unspecified atom stereocenters. The van der Waals surface area contributed by atoms with E-state index in [4.69, 9.17) is 4.98 Å². The number of aryl methyl sites for hydroxylation is 1. The Balaban J connectivity index is 1.48. The van der Waals surface area contributed by atoms with E-state index in [1.807, 2.05) is 46.9 Å². The molecule has 6 nitrogen and oxygen atoms in total. The fourth-order valence-corrected chi connectivity index (χ4v) is 3.66. The molecule has 3 aromatic rings. The Morgan fingerprint density at radius 2 is 2.15 bits per heavy atom. The minimum absolute atomic E-state index is 0.161. The second kappa shape index (κ2) is 7.70. The van der Waals surface area contributed by atoms with Crippen molar-refractivity contribution in [2.24, 2.45) is 0 Å². The van der Waals surface area contributed by atoms with E-state index in [2.05, 4.69) is 16.0 Å². The molecule has 0 bridgehead atoms. The lowest BCUT2D eigenvalue weighted by atomic mass is 9.94. The average molecular weight is 361 g/mol. The van der Waals surface area contributed by atoms with Crippen LogP contribution in [-0.2, 0) is 11.2 Å². The van der Waals surface area contributed by atoms with Crippen molar-refractivity contribution in [3.8, 4) is 5.82 Å². The number of carbonyl (C=O) groups is 1. The molecule has 4 rings (SSSR count). The molecule has 1 aliphatic rings. The summed E-state index contributed by atoms with van der Waals surface area (Å²) in [5.41, 5.74) is 2.00. The second-order valence-electron chi connectivity index (χ2n) is 6.98. The fourth-order valence-electron chi connectivity index (χ4n) is 3.66. The number of likely N-dealkylation sites (tertiary alicyclic amines) is 1. The molecule has 1 amide bonds. The number of nitrogens with zero attached hydrogens (tertiary/aromatic N) is 5. The molecule has 3 aromatic heterocycles. The van der Waals surface area contributed by atoms with Crippen LogP contribution in [-0.4, -0.2) is 43.4 Å². The van der Waals surface area contributed by atoms with E-state index < -0.39 is 0 Å². The van der Waals surface area contributed by atoms with Crippen molar-refractivity contribution in [1.82, 2.24) is 24.4 Å². The predicted octanol–water partition coefficient (Wildman–Crippen LogP) is 2.92. The Bertz CT molecular complexity index is 921. The Hall–Kier alpha value is -3.02. The minimum atomic E-state index is 0.161. The van der Waals surface area contributed by atoms with Crippen LogP contribution in [0.1, 0.15) is 35.8 Å². The molecular formula is C21H23N5O. The highest BCUT2D eigenvalue weighted by Crippen LogP contribution is 2.26. The maximum absolute atomic E-state index is 12.7. The number of hydrogen-bond acceptors (Lipinski definition) is 4. The topological polar surface area (TPSA) is 63.9 Å². The van der Waals surface area contributed by atoms with Crippen LogP contribution in [0.5, 0.6) is 0 Å². The van der Waals surface area contributed by atoms with E-state index in [-0.39, 0.29) is 11.8 Å². The largest absolute Gasteiger partial charge is 0.342 e. The molecule has 1 fully saturated rings.